The van der Waals surface area contributed by atoms with Crippen LogP contribution in [0.1, 0.15) is 17.5 Å². The predicted octanol–water partition coefficient (Wildman–Crippen LogP) is 1.88. The van der Waals surface area contributed by atoms with Gasteiger partial charge in [0.05, 0.1) is 7.11 Å². The molecule has 1 aromatic carbocycles. The van der Waals surface area contributed by atoms with Gasteiger partial charge in [0.15, 0.2) is 0 Å². The van der Waals surface area contributed by atoms with Crippen LogP contribution >= 0.6 is 0 Å². The van der Waals surface area contributed by atoms with Crippen LogP contribution in [0.5, 0.6) is 5.75 Å². The maximum absolute atomic E-state index is 11.9. The molecule has 0 aliphatic heterocycles. The van der Waals surface area contributed by atoms with E-state index in [1.807, 2.05) is 33.0 Å². The molecule has 4 nitrogen and oxygen atoms in total. The van der Waals surface area contributed by atoms with Crippen LogP contribution in [-0.4, -0.2) is 33.7 Å². The van der Waals surface area contributed by atoms with Crippen LogP contribution in [0, 0.1) is 13.8 Å². The van der Waals surface area contributed by atoms with E-state index in [0.717, 1.165) is 22.6 Å². The molecule has 0 aliphatic carbocycles. The Morgan fingerprint density at radius 1 is 1.33 bits per heavy atom. The first kappa shape index (κ1) is 14.5. The number of amides is 1. The summed E-state index contributed by atoms with van der Waals surface area (Å²) in [5.74, 6) is 0.989. The minimum atomic E-state index is 0.105. The van der Waals surface area contributed by atoms with Crippen LogP contribution in [0.15, 0.2) is 12.1 Å². The van der Waals surface area contributed by atoms with Crippen LogP contribution in [0.4, 0.5) is 5.69 Å². The average molecular weight is 250 g/mol. The summed E-state index contributed by atoms with van der Waals surface area (Å²) < 4.78 is 5.32. The van der Waals surface area contributed by atoms with Gasteiger partial charge in [-0.05, 0) is 44.2 Å². The average Bonchev–Trinajstić information content (AvgIpc) is 2.34. The van der Waals surface area contributed by atoms with Crippen molar-refractivity contribution in [2.45, 2.75) is 20.3 Å². The lowest BCUT2D eigenvalue weighted by atomic mass is 10.1. The van der Waals surface area contributed by atoms with Gasteiger partial charge in [0.1, 0.15) is 5.75 Å². The lowest BCUT2D eigenvalue weighted by molar-refractivity contribution is -0.118. The lowest BCUT2D eigenvalue weighted by Crippen LogP contribution is -2.29. The minimum absolute atomic E-state index is 0.105. The van der Waals surface area contributed by atoms with Crippen molar-refractivity contribution in [3.05, 3.63) is 23.3 Å². The van der Waals surface area contributed by atoms with Gasteiger partial charge in [0.25, 0.3) is 0 Å². The largest absolute Gasteiger partial charge is 0.496 e. The highest BCUT2D eigenvalue weighted by Gasteiger charge is 2.13. The molecule has 1 rings (SSSR count). The molecule has 4 heteroatoms. The van der Waals surface area contributed by atoms with Crippen LogP contribution in [0.2, 0.25) is 0 Å². The third kappa shape index (κ3) is 3.23. The summed E-state index contributed by atoms with van der Waals surface area (Å²) in [6, 6.07) is 3.95. The normalized spacial score (nSPS) is 10.3. The Morgan fingerprint density at radius 3 is 2.33 bits per heavy atom. The maximum Gasteiger partial charge on any atom is 0.227 e. The van der Waals surface area contributed by atoms with E-state index in [1.165, 1.54) is 0 Å². The predicted molar refractivity (Wildman–Crippen MR) is 74.4 cm³/mol. The van der Waals surface area contributed by atoms with E-state index in [0.29, 0.717) is 13.0 Å². The van der Waals surface area contributed by atoms with Gasteiger partial charge in [-0.3, -0.25) is 4.79 Å². The van der Waals surface area contributed by atoms with E-state index in [2.05, 4.69) is 5.32 Å². The highest BCUT2D eigenvalue weighted by atomic mass is 16.5. The van der Waals surface area contributed by atoms with Gasteiger partial charge < -0.3 is 15.0 Å². The summed E-state index contributed by atoms with van der Waals surface area (Å²) in [5, 5.41) is 2.98. The standard InChI is InChI=1S/C14H22N2O2/c1-10-8-12(9-11(2)14(10)18-5)16(4)13(17)6-7-15-3/h8-9,15H,6-7H2,1-5H3. The van der Waals surface area contributed by atoms with Crippen LogP contribution in [-0.2, 0) is 4.79 Å². The Bertz CT molecular complexity index is 407. The molecule has 0 heterocycles. The number of hydrogen-bond acceptors (Lipinski definition) is 3. The molecular formula is C14H22N2O2. The number of ether oxygens (including phenoxy) is 1. The van der Waals surface area contributed by atoms with Crippen LogP contribution < -0.4 is 15.0 Å². The first-order chi connectivity index (χ1) is 8.51. The minimum Gasteiger partial charge on any atom is -0.496 e. The molecule has 1 amide bonds. The highest BCUT2D eigenvalue weighted by molar-refractivity contribution is 5.93. The molecule has 0 saturated carbocycles. The number of carbonyl (C=O) groups excluding carboxylic acids is 1. The van der Waals surface area contributed by atoms with Gasteiger partial charge in [0.2, 0.25) is 5.91 Å². The van der Waals surface area contributed by atoms with Gasteiger partial charge >= 0.3 is 0 Å². The van der Waals surface area contributed by atoms with Crippen molar-refractivity contribution in [3.8, 4) is 5.75 Å². The number of rotatable bonds is 5. The number of carbonyl (C=O) groups is 1. The Balaban J connectivity index is 2.93. The Labute approximate surface area is 109 Å². The summed E-state index contributed by atoms with van der Waals surface area (Å²) in [6.07, 6.45) is 0.497. The van der Waals surface area contributed by atoms with Gasteiger partial charge in [-0.15, -0.1) is 0 Å². The fraction of sp³-hybridized carbons (Fsp3) is 0.500. The highest BCUT2D eigenvalue weighted by Crippen LogP contribution is 2.28. The Hall–Kier alpha value is -1.55. The summed E-state index contributed by atoms with van der Waals surface area (Å²) in [5.41, 5.74) is 2.99. The Morgan fingerprint density at radius 2 is 1.89 bits per heavy atom. The molecule has 0 aromatic heterocycles. The van der Waals surface area contributed by atoms with Gasteiger partial charge in [0, 0.05) is 25.7 Å². The van der Waals surface area contributed by atoms with E-state index in [1.54, 1.807) is 19.1 Å². The topological polar surface area (TPSA) is 41.6 Å². The zero-order valence-corrected chi connectivity index (χ0v) is 11.8. The third-order valence-electron chi connectivity index (χ3n) is 3.00. The first-order valence-electron chi connectivity index (χ1n) is 6.07. The van der Waals surface area contributed by atoms with Crippen molar-refractivity contribution in [2.75, 3.05) is 32.6 Å². The quantitative estimate of drug-likeness (QED) is 0.867. The number of benzene rings is 1. The summed E-state index contributed by atoms with van der Waals surface area (Å²) in [4.78, 5) is 13.6. The van der Waals surface area contributed by atoms with Crippen molar-refractivity contribution in [2.24, 2.45) is 0 Å². The monoisotopic (exact) mass is 250 g/mol. The van der Waals surface area contributed by atoms with Crippen LogP contribution in [0.25, 0.3) is 0 Å². The molecule has 0 saturated heterocycles. The zero-order valence-electron chi connectivity index (χ0n) is 11.8. The number of methoxy groups -OCH3 is 1. The molecule has 1 aromatic rings. The molecule has 100 valence electrons. The number of anilines is 1. The summed E-state index contributed by atoms with van der Waals surface area (Å²) in [7, 11) is 5.31. The maximum atomic E-state index is 11.9. The molecule has 0 spiro atoms. The Kier molecular flexibility index (Phi) is 5.16. The number of nitrogens with zero attached hydrogens (tertiary/aromatic N) is 1. The second-order valence-corrected chi connectivity index (χ2v) is 4.42. The first-order valence-corrected chi connectivity index (χ1v) is 6.07. The summed E-state index contributed by atoms with van der Waals surface area (Å²) in [6.45, 7) is 4.67. The molecule has 0 fully saturated rings. The van der Waals surface area contributed by atoms with Crippen molar-refractivity contribution in [3.63, 3.8) is 0 Å². The van der Waals surface area contributed by atoms with E-state index in [9.17, 15) is 4.79 Å². The fourth-order valence-corrected chi connectivity index (χ4v) is 1.99. The lowest BCUT2D eigenvalue weighted by Gasteiger charge is -2.20. The zero-order chi connectivity index (χ0) is 13.7. The molecule has 1 N–H and O–H groups in total. The molecule has 0 unspecified atom stereocenters. The fourth-order valence-electron chi connectivity index (χ4n) is 1.99. The smallest absolute Gasteiger partial charge is 0.227 e. The second kappa shape index (κ2) is 6.40. The molecule has 0 bridgehead atoms. The third-order valence-corrected chi connectivity index (χ3v) is 3.00. The van der Waals surface area contributed by atoms with Gasteiger partial charge in [-0.1, -0.05) is 0 Å². The molecule has 0 atom stereocenters. The van der Waals surface area contributed by atoms with E-state index in [4.69, 9.17) is 4.74 Å². The number of hydrogen-bond donors (Lipinski definition) is 1. The van der Waals surface area contributed by atoms with Gasteiger partial charge in [-0.25, -0.2) is 0 Å². The van der Waals surface area contributed by atoms with Crippen molar-refractivity contribution in [1.29, 1.82) is 0 Å². The SMILES string of the molecule is CNCCC(=O)N(C)c1cc(C)c(OC)c(C)c1. The molecule has 0 aliphatic rings. The van der Waals surface area contributed by atoms with E-state index >= 15 is 0 Å². The number of nitrogens with one attached hydrogen (secondary N) is 1. The van der Waals surface area contributed by atoms with Crippen molar-refractivity contribution >= 4 is 11.6 Å². The van der Waals surface area contributed by atoms with Crippen molar-refractivity contribution in [1.82, 2.24) is 5.32 Å². The number of aryl methyl sites for hydroxylation is 2. The van der Waals surface area contributed by atoms with Crippen LogP contribution in [0.3, 0.4) is 0 Å². The summed E-state index contributed by atoms with van der Waals surface area (Å²) >= 11 is 0. The molecule has 0 radical (unpaired) electrons. The van der Waals surface area contributed by atoms with E-state index < -0.39 is 0 Å². The van der Waals surface area contributed by atoms with Gasteiger partial charge in [-0.2, -0.15) is 0 Å². The van der Waals surface area contributed by atoms with Crippen molar-refractivity contribution < 1.29 is 9.53 Å². The van der Waals surface area contributed by atoms with E-state index in [-0.39, 0.29) is 5.91 Å². The molecular weight excluding hydrogens is 228 g/mol. The second-order valence-electron chi connectivity index (χ2n) is 4.42. The molecule has 18 heavy (non-hydrogen) atoms.